The summed E-state index contributed by atoms with van der Waals surface area (Å²) in [5.74, 6) is 0. The van der Waals surface area contributed by atoms with Crippen LogP contribution in [0.25, 0.3) is 0 Å². The molecule has 1 rings (SSSR count). The first kappa shape index (κ1) is 70.4. The summed E-state index contributed by atoms with van der Waals surface area (Å²) in [6, 6.07) is 0. The maximum absolute atomic E-state index is 8.97. The highest BCUT2D eigenvalue weighted by molar-refractivity contribution is 7.46. The molecule has 1 saturated carbocycles. The number of aliphatic hydroxyl groups is 6. The van der Waals surface area contributed by atoms with Crippen molar-refractivity contribution in [3.8, 4) is 0 Å². The molecule has 1 aliphatic carbocycles. The van der Waals surface area contributed by atoms with Gasteiger partial charge in [0.05, 0.1) is 0 Å². The fourth-order valence-corrected chi connectivity index (χ4v) is 1.21. The lowest BCUT2D eigenvalue weighted by atomic mass is 9.85. The van der Waals surface area contributed by atoms with Crippen molar-refractivity contribution in [1.82, 2.24) is 0 Å². The number of aliphatic hydroxyl groups excluding tert-OH is 6. The molecule has 0 aromatic heterocycles. The van der Waals surface area contributed by atoms with Gasteiger partial charge >= 0.3 is 62.6 Å². The molecule has 0 aliphatic heterocycles. The van der Waals surface area contributed by atoms with Crippen molar-refractivity contribution in [2.75, 3.05) is 0 Å². The Morgan fingerprint density at radius 2 is 0.192 bits per heavy atom. The Balaban J connectivity index is -0.0000000719. The fourth-order valence-electron chi connectivity index (χ4n) is 1.21. The molecule has 0 bridgehead atoms. The third-order valence-electron chi connectivity index (χ3n) is 2.10. The van der Waals surface area contributed by atoms with Crippen LogP contribution in [0.3, 0.4) is 0 Å². The number of rotatable bonds is 0. The van der Waals surface area contributed by atoms with E-state index in [1.165, 1.54) is 0 Å². The normalized spacial score (nSPS) is 21.9. The van der Waals surface area contributed by atoms with Gasteiger partial charge in [-0.2, -0.15) is 0 Å². The first-order valence-corrected chi connectivity index (χ1v) is 22.3. The molecular weight excluding hydrogens is 928 g/mol. The molecular formula is C6H36O38P8. The van der Waals surface area contributed by atoms with E-state index < -0.39 is 99.2 Å². The Morgan fingerprint density at radius 1 is 0.173 bits per heavy atom. The minimum Gasteiger partial charge on any atom is -0.387 e. The van der Waals surface area contributed by atoms with Crippen LogP contribution in [0.15, 0.2) is 0 Å². The molecule has 0 heterocycles. The van der Waals surface area contributed by atoms with Crippen LogP contribution in [0, 0.1) is 0 Å². The highest BCUT2D eigenvalue weighted by Gasteiger charge is 2.47. The first-order valence-electron chi connectivity index (χ1n) is 9.81. The third-order valence-corrected chi connectivity index (χ3v) is 2.10. The molecule has 1 fully saturated rings. The summed E-state index contributed by atoms with van der Waals surface area (Å²) < 4.78 is 71.1. The van der Waals surface area contributed by atoms with Gasteiger partial charge in [0.15, 0.2) is 0 Å². The smallest absolute Gasteiger partial charge is 0.387 e. The quantitative estimate of drug-likeness (QED) is 0.100. The maximum atomic E-state index is 8.97. The zero-order valence-corrected chi connectivity index (χ0v) is 30.9. The average molecular weight is 964 g/mol. The highest BCUT2D eigenvalue weighted by atomic mass is 31.2. The number of hydrogen-bond acceptors (Lipinski definition) is 14. The van der Waals surface area contributed by atoms with Crippen LogP contribution in [-0.4, -0.2) is 185 Å². The van der Waals surface area contributed by atoms with Gasteiger partial charge in [-0.15, -0.1) is 0 Å². The van der Waals surface area contributed by atoms with Gasteiger partial charge < -0.3 is 148 Å². The van der Waals surface area contributed by atoms with E-state index in [1.54, 1.807) is 0 Å². The summed E-state index contributed by atoms with van der Waals surface area (Å²) in [5.41, 5.74) is 0. The van der Waals surface area contributed by atoms with E-state index in [1.807, 2.05) is 0 Å². The predicted octanol–water partition coefficient (Wildman–Crippen LogP) is -11.3. The molecule has 0 amide bonds. The average Bonchev–Trinajstić information content (AvgIpc) is 2.65. The number of phosphoric acid groups is 8. The molecule has 328 valence electrons. The van der Waals surface area contributed by atoms with Gasteiger partial charge in [0.2, 0.25) is 0 Å². The second-order valence-electron chi connectivity index (χ2n) is 7.05. The second-order valence-corrected chi connectivity index (χ2v) is 15.3. The van der Waals surface area contributed by atoms with Crippen LogP contribution >= 0.6 is 62.6 Å². The van der Waals surface area contributed by atoms with Gasteiger partial charge in [0.25, 0.3) is 0 Å². The monoisotopic (exact) mass is 964 g/mol. The SMILES string of the molecule is O=P(O)(O)O.O=P(O)(O)O.O=P(O)(O)O.O=P(O)(O)O.O=P(O)(O)O.O=P(O)(O)O.O=P(O)(O)O.O=P(O)(O)O.O[C@H]1[C@H](O)[C@H](O)[C@@H](O)[C@H](O)[C@H]1O. The van der Waals surface area contributed by atoms with E-state index in [-0.39, 0.29) is 0 Å². The van der Waals surface area contributed by atoms with Crippen molar-refractivity contribution in [3.05, 3.63) is 0 Å². The molecule has 0 aromatic carbocycles. The van der Waals surface area contributed by atoms with Gasteiger partial charge in [0, 0.05) is 0 Å². The van der Waals surface area contributed by atoms with E-state index in [4.69, 9.17) is 185 Å². The predicted molar refractivity (Wildman–Crippen MR) is 150 cm³/mol. The van der Waals surface area contributed by atoms with Crippen molar-refractivity contribution in [3.63, 3.8) is 0 Å². The van der Waals surface area contributed by atoms with Gasteiger partial charge in [-0.25, -0.2) is 36.5 Å². The molecule has 46 heteroatoms. The van der Waals surface area contributed by atoms with Crippen LogP contribution in [0.5, 0.6) is 0 Å². The Kier molecular flexibility index (Phi) is 40.4. The third kappa shape index (κ3) is 206. The molecule has 0 spiro atoms. The molecule has 38 nitrogen and oxygen atoms in total. The Labute approximate surface area is 284 Å². The molecule has 0 radical (unpaired) electrons. The minimum absolute atomic E-state index is 1.64. The van der Waals surface area contributed by atoms with Gasteiger partial charge in [-0.1, -0.05) is 0 Å². The van der Waals surface area contributed by atoms with Gasteiger partial charge in [-0.3, -0.25) is 0 Å². The fraction of sp³-hybridized carbons (Fsp3) is 1.00. The van der Waals surface area contributed by atoms with E-state index in [9.17, 15) is 0 Å². The molecule has 0 unspecified atom stereocenters. The van der Waals surface area contributed by atoms with E-state index in [2.05, 4.69) is 0 Å². The van der Waals surface area contributed by atoms with Crippen molar-refractivity contribution in [2.45, 2.75) is 36.6 Å². The molecule has 1 aliphatic rings. The molecule has 0 atom stereocenters. The lowest BCUT2D eigenvalue weighted by molar-refractivity contribution is -0.223. The highest BCUT2D eigenvalue weighted by Crippen LogP contribution is 2.29. The van der Waals surface area contributed by atoms with Crippen LogP contribution in [0.1, 0.15) is 0 Å². The Bertz CT molecular complexity index is 893. The summed E-state index contributed by atoms with van der Waals surface area (Å²) in [5, 5.41) is 53.8. The zero-order valence-electron chi connectivity index (χ0n) is 23.7. The maximum Gasteiger partial charge on any atom is 0.466 e. The van der Waals surface area contributed by atoms with Crippen LogP contribution < -0.4 is 0 Å². The van der Waals surface area contributed by atoms with Crippen LogP contribution in [0.2, 0.25) is 0 Å². The van der Waals surface area contributed by atoms with E-state index >= 15 is 0 Å². The van der Waals surface area contributed by atoms with Crippen molar-refractivity contribution in [2.24, 2.45) is 0 Å². The van der Waals surface area contributed by atoms with Crippen molar-refractivity contribution < 1.29 is 185 Å². The largest absolute Gasteiger partial charge is 0.466 e. The van der Waals surface area contributed by atoms with Gasteiger partial charge in [-0.05, 0) is 0 Å². The molecule has 30 N–H and O–H groups in total. The first-order chi connectivity index (χ1) is 21.5. The van der Waals surface area contributed by atoms with Crippen molar-refractivity contribution in [1.29, 1.82) is 0 Å². The summed E-state index contributed by atoms with van der Waals surface area (Å²) in [6.07, 6.45) is -9.84. The van der Waals surface area contributed by atoms with E-state index in [0.29, 0.717) is 0 Å². The van der Waals surface area contributed by atoms with E-state index in [0.717, 1.165) is 0 Å². The Morgan fingerprint density at radius 3 is 0.212 bits per heavy atom. The lowest BCUT2D eigenvalue weighted by Gasteiger charge is -2.39. The van der Waals surface area contributed by atoms with Gasteiger partial charge in [0.1, 0.15) is 36.6 Å². The summed E-state index contributed by atoms with van der Waals surface area (Å²) >= 11 is 0. The summed E-state index contributed by atoms with van der Waals surface area (Å²) in [7, 11) is -37.1. The molecule has 52 heavy (non-hydrogen) atoms. The standard InChI is InChI=1S/C6H12O6.8H3O4P/c7-1-2(8)4(10)6(12)5(11)3(1)9;8*1-5(2,3)4/h1-12H;8*(H3,1,2,3,4)/t1-,2-,3-,4-,5+,6+;;;;;;;;/m0......../s1. The number of hydrogen-bond donors (Lipinski definition) is 30. The summed E-state index contributed by atoms with van der Waals surface area (Å²) in [6.45, 7) is 0. The van der Waals surface area contributed by atoms with Crippen LogP contribution in [0.4, 0.5) is 0 Å². The topological polar surface area (TPSA) is 743 Å². The van der Waals surface area contributed by atoms with Crippen LogP contribution in [-0.2, 0) is 36.5 Å². The zero-order chi connectivity index (χ0) is 45.5. The second kappa shape index (κ2) is 29.8. The van der Waals surface area contributed by atoms with Crippen molar-refractivity contribution >= 4 is 62.6 Å². The minimum atomic E-state index is -4.64. The Hall–Kier alpha value is 0.640. The lowest BCUT2D eigenvalue weighted by Crippen LogP contribution is -2.63. The molecule has 0 aromatic rings. The molecule has 0 saturated heterocycles. The summed E-state index contributed by atoms with van der Waals surface area (Å²) in [4.78, 5) is 172.